The Morgan fingerprint density at radius 2 is 1.52 bits per heavy atom. The normalized spacial score (nSPS) is 12.5. The van der Waals surface area contributed by atoms with E-state index in [-0.39, 0.29) is 22.6 Å². The number of carboxylic acids is 2. The molecule has 2 aromatic rings. The molecular weight excluding hydrogens is 324 g/mol. The minimum atomic E-state index is -1.11. The van der Waals surface area contributed by atoms with Crippen molar-refractivity contribution in [3.8, 4) is 0 Å². The summed E-state index contributed by atoms with van der Waals surface area (Å²) < 4.78 is 0. The van der Waals surface area contributed by atoms with E-state index in [0.29, 0.717) is 6.42 Å². The molecule has 1 aliphatic rings. The smallest absolute Gasteiger partial charge is 0.335 e. The number of carboxylic acid groups (broad SMARTS) is 2. The second-order valence-corrected chi connectivity index (χ2v) is 5.13. The summed E-state index contributed by atoms with van der Waals surface area (Å²) in [5, 5.41) is 22.7. The zero-order valence-electron chi connectivity index (χ0n) is 13.4. The second kappa shape index (κ2) is 7.87. The van der Waals surface area contributed by atoms with Gasteiger partial charge in [-0.1, -0.05) is 24.3 Å². The molecule has 0 aliphatic carbocycles. The van der Waals surface area contributed by atoms with Gasteiger partial charge in [0.15, 0.2) is 0 Å². The van der Waals surface area contributed by atoms with Crippen molar-refractivity contribution in [3.05, 3.63) is 65.2 Å². The Bertz CT molecular complexity index is 798. The maximum Gasteiger partial charge on any atom is 0.335 e. The van der Waals surface area contributed by atoms with Gasteiger partial charge in [0.1, 0.15) is 0 Å². The summed E-state index contributed by atoms with van der Waals surface area (Å²) in [6, 6.07) is 13.6. The molecule has 0 unspecified atom stereocenters. The van der Waals surface area contributed by atoms with Gasteiger partial charge in [-0.15, -0.1) is 0 Å². The SMILES string of the molecule is Cc1c(C(=O)O)cccc1C(=O)O.O=C1CC=NN1c1ccccc1. The van der Waals surface area contributed by atoms with Crippen LogP contribution in [-0.4, -0.2) is 34.3 Å². The van der Waals surface area contributed by atoms with Gasteiger partial charge >= 0.3 is 11.9 Å². The summed E-state index contributed by atoms with van der Waals surface area (Å²) in [5.74, 6) is -2.19. The molecule has 0 radical (unpaired) electrons. The number of hydrogen-bond acceptors (Lipinski definition) is 4. The van der Waals surface area contributed by atoms with E-state index in [1.54, 1.807) is 6.21 Å². The molecule has 1 amide bonds. The molecule has 7 nitrogen and oxygen atoms in total. The van der Waals surface area contributed by atoms with Crippen molar-refractivity contribution in [2.75, 3.05) is 5.01 Å². The third-order valence-corrected chi connectivity index (χ3v) is 3.49. The van der Waals surface area contributed by atoms with Crippen LogP contribution in [0.4, 0.5) is 5.69 Å². The molecule has 3 rings (SSSR count). The maximum atomic E-state index is 11.2. The number of amides is 1. The summed E-state index contributed by atoms with van der Waals surface area (Å²) in [4.78, 5) is 32.4. The Labute approximate surface area is 143 Å². The minimum absolute atomic E-state index is 0.0277. The predicted octanol–water partition coefficient (Wildman–Crippen LogP) is 2.80. The lowest BCUT2D eigenvalue weighted by Crippen LogP contribution is -2.19. The first-order chi connectivity index (χ1) is 11.9. The zero-order valence-corrected chi connectivity index (χ0v) is 13.4. The number of carbonyl (C=O) groups is 3. The standard InChI is InChI=1S/C9H8N2O.C9H8O4/c12-9-6-7-10-11(9)8-4-2-1-3-5-8;1-5-6(8(10)11)3-2-4-7(5)9(12)13/h1-5,7H,6H2;2-4H,1H3,(H,10,11)(H,12,13). The molecular formula is C18H16N2O5. The van der Waals surface area contributed by atoms with E-state index in [9.17, 15) is 14.4 Å². The highest BCUT2D eigenvalue weighted by Gasteiger charge is 2.17. The molecule has 0 spiro atoms. The van der Waals surface area contributed by atoms with Crippen LogP contribution in [0.1, 0.15) is 32.7 Å². The van der Waals surface area contributed by atoms with Crippen LogP contribution in [0.3, 0.4) is 0 Å². The topological polar surface area (TPSA) is 107 Å². The van der Waals surface area contributed by atoms with Crippen LogP contribution in [0, 0.1) is 6.92 Å². The van der Waals surface area contributed by atoms with Crippen LogP contribution >= 0.6 is 0 Å². The fourth-order valence-electron chi connectivity index (χ4n) is 2.23. The van der Waals surface area contributed by atoms with Crippen molar-refractivity contribution in [1.82, 2.24) is 0 Å². The van der Waals surface area contributed by atoms with Crippen molar-refractivity contribution in [2.45, 2.75) is 13.3 Å². The molecule has 1 heterocycles. The number of nitrogens with zero attached hydrogens (tertiary/aromatic N) is 2. The van der Waals surface area contributed by atoms with Crippen LogP contribution in [0.25, 0.3) is 0 Å². The number of hydrazone groups is 1. The zero-order chi connectivity index (χ0) is 18.4. The van der Waals surface area contributed by atoms with Gasteiger partial charge in [0, 0.05) is 6.21 Å². The number of benzene rings is 2. The van der Waals surface area contributed by atoms with Crippen LogP contribution in [0.5, 0.6) is 0 Å². The molecule has 0 fully saturated rings. The van der Waals surface area contributed by atoms with Crippen LogP contribution in [-0.2, 0) is 4.79 Å². The number of aromatic carboxylic acids is 2. The van der Waals surface area contributed by atoms with E-state index < -0.39 is 11.9 Å². The first-order valence-electron chi connectivity index (χ1n) is 7.38. The van der Waals surface area contributed by atoms with Gasteiger partial charge in [-0.2, -0.15) is 5.10 Å². The minimum Gasteiger partial charge on any atom is -0.478 e. The van der Waals surface area contributed by atoms with Crippen molar-refractivity contribution in [3.63, 3.8) is 0 Å². The summed E-state index contributed by atoms with van der Waals surface area (Å²) in [5.41, 5.74) is 1.17. The average Bonchev–Trinajstić information content (AvgIpc) is 3.02. The van der Waals surface area contributed by atoms with Crippen molar-refractivity contribution < 1.29 is 24.6 Å². The molecule has 0 saturated carbocycles. The number of rotatable bonds is 3. The number of anilines is 1. The van der Waals surface area contributed by atoms with E-state index in [1.807, 2.05) is 30.3 Å². The molecule has 7 heteroatoms. The van der Waals surface area contributed by atoms with E-state index in [0.717, 1.165) is 5.69 Å². The lowest BCUT2D eigenvalue weighted by molar-refractivity contribution is -0.116. The van der Waals surface area contributed by atoms with E-state index >= 15 is 0 Å². The molecule has 2 N–H and O–H groups in total. The molecule has 2 aromatic carbocycles. The van der Waals surface area contributed by atoms with Gasteiger partial charge in [0.05, 0.1) is 23.2 Å². The van der Waals surface area contributed by atoms with Gasteiger partial charge in [-0.05, 0) is 36.8 Å². The van der Waals surface area contributed by atoms with E-state index in [1.165, 1.54) is 30.1 Å². The highest BCUT2D eigenvalue weighted by molar-refractivity contribution is 6.05. The first kappa shape index (κ1) is 17.9. The number of carbonyl (C=O) groups excluding carboxylic acids is 1. The molecule has 0 aromatic heterocycles. The summed E-state index contributed by atoms with van der Waals surface area (Å²) >= 11 is 0. The van der Waals surface area contributed by atoms with Gasteiger partial charge in [-0.25, -0.2) is 14.6 Å². The van der Waals surface area contributed by atoms with Gasteiger partial charge in [0.2, 0.25) is 0 Å². The van der Waals surface area contributed by atoms with Crippen molar-refractivity contribution in [2.24, 2.45) is 5.10 Å². The van der Waals surface area contributed by atoms with E-state index in [4.69, 9.17) is 10.2 Å². The Hall–Kier alpha value is -3.48. The third kappa shape index (κ3) is 4.29. The van der Waals surface area contributed by atoms with Gasteiger partial charge < -0.3 is 10.2 Å². The number of para-hydroxylation sites is 1. The summed E-state index contributed by atoms with van der Waals surface area (Å²) in [6.07, 6.45) is 2.03. The van der Waals surface area contributed by atoms with Crippen LogP contribution < -0.4 is 5.01 Å². The fourth-order valence-corrected chi connectivity index (χ4v) is 2.23. The molecule has 128 valence electrons. The molecule has 25 heavy (non-hydrogen) atoms. The van der Waals surface area contributed by atoms with Crippen molar-refractivity contribution >= 4 is 29.7 Å². The molecule has 0 bridgehead atoms. The lowest BCUT2D eigenvalue weighted by atomic mass is 10.0. The lowest BCUT2D eigenvalue weighted by Gasteiger charge is -2.10. The molecule has 0 atom stereocenters. The Kier molecular flexibility index (Phi) is 5.62. The quantitative estimate of drug-likeness (QED) is 0.893. The Balaban J connectivity index is 0.000000181. The Morgan fingerprint density at radius 1 is 0.960 bits per heavy atom. The monoisotopic (exact) mass is 340 g/mol. The maximum absolute atomic E-state index is 11.2. The third-order valence-electron chi connectivity index (χ3n) is 3.49. The van der Waals surface area contributed by atoms with Crippen LogP contribution in [0.15, 0.2) is 53.6 Å². The second-order valence-electron chi connectivity index (χ2n) is 5.13. The number of hydrogen-bond donors (Lipinski definition) is 2. The largest absolute Gasteiger partial charge is 0.478 e. The Morgan fingerprint density at radius 3 is 1.96 bits per heavy atom. The fraction of sp³-hybridized carbons (Fsp3) is 0.111. The average molecular weight is 340 g/mol. The highest BCUT2D eigenvalue weighted by Crippen LogP contribution is 2.17. The molecule has 0 saturated heterocycles. The highest BCUT2D eigenvalue weighted by atomic mass is 16.4. The summed E-state index contributed by atoms with van der Waals surface area (Å²) in [6.45, 7) is 1.48. The van der Waals surface area contributed by atoms with Gasteiger partial charge in [-0.3, -0.25) is 4.79 Å². The van der Waals surface area contributed by atoms with Crippen LogP contribution in [0.2, 0.25) is 0 Å². The van der Waals surface area contributed by atoms with Crippen molar-refractivity contribution in [1.29, 1.82) is 0 Å². The summed E-state index contributed by atoms with van der Waals surface area (Å²) in [7, 11) is 0. The predicted molar refractivity (Wildman–Crippen MR) is 92.1 cm³/mol. The molecule has 1 aliphatic heterocycles. The van der Waals surface area contributed by atoms with Gasteiger partial charge in [0.25, 0.3) is 5.91 Å². The van der Waals surface area contributed by atoms with E-state index in [2.05, 4.69) is 5.10 Å². The first-order valence-corrected chi connectivity index (χ1v) is 7.38.